The Morgan fingerprint density at radius 1 is 0.778 bits per heavy atom. The number of aryl methyl sites for hydroxylation is 1. The molecule has 1 aliphatic carbocycles. The summed E-state index contributed by atoms with van der Waals surface area (Å²) in [5.74, 6) is -1.53. The van der Waals surface area contributed by atoms with E-state index in [0.29, 0.717) is 82.6 Å². The lowest BCUT2D eigenvalue weighted by molar-refractivity contribution is -0.136. The molecule has 2 N–H and O–H groups in total. The van der Waals surface area contributed by atoms with Crippen LogP contribution in [0.4, 0.5) is 17.3 Å². The van der Waals surface area contributed by atoms with Crippen molar-refractivity contribution < 1.29 is 52.5 Å². The van der Waals surface area contributed by atoms with Gasteiger partial charge >= 0.3 is 0 Å². The Labute approximate surface area is 416 Å². The van der Waals surface area contributed by atoms with E-state index in [1.165, 1.54) is 25.1 Å². The van der Waals surface area contributed by atoms with Gasteiger partial charge in [0.25, 0.3) is 17.4 Å². The molecule has 4 aliphatic rings. The van der Waals surface area contributed by atoms with Gasteiger partial charge in [0.1, 0.15) is 35.8 Å². The number of hydrogen-bond donors (Lipinski definition) is 2. The van der Waals surface area contributed by atoms with Crippen molar-refractivity contribution in [3.63, 3.8) is 0 Å². The van der Waals surface area contributed by atoms with Gasteiger partial charge in [-0.3, -0.25) is 53.5 Å². The van der Waals surface area contributed by atoms with Gasteiger partial charge in [-0.2, -0.15) is 0 Å². The summed E-state index contributed by atoms with van der Waals surface area (Å²) in [6.45, 7) is 8.65. The van der Waals surface area contributed by atoms with E-state index in [0.717, 1.165) is 73.4 Å². The van der Waals surface area contributed by atoms with Crippen molar-refractivity contribution in [2.24, 2.45) is 0 Å². The molecule has 6 heterocycles. The van der Waals surface area contributed by atoms with Crippen LogP contribution in [0.3, 0.4) is 0 Å². The van der Waals surface area contributed by atoms with Gasteiger partial charge in [0.05, 0.1) is 67.1 Å². The van der Waals surface area contributed by atoms with E-state index in [1.807, 2.05) is 31.3 Å². The number of pyridine rings is 3. The van der Waals surface area contributed by atoms with Crippen LogP contribution in [-0.4, -0.2) is 150 Å². The number of carbonyl (C=O) groups is 7. The number of imide groups is 2. The summed E-state index contributed by atoms with van der Waals surface area (Å²) in [6, 6.07) is 9.24. The van der Waals surface area contributed by atoms with E-state index in [1.54, 1.807) is 10.8 Å². The largest absolute Gasteiger partial charge is 0.485 e. The average molecular weight is 991 g/mol. The molecule has 0 radical (unpaired) electrons. The number of aromatic nitrogens is 3. The van der Waals surface area contributed by atoms with Gasteiger partial charge < -0.3 is 33.7 Å². The summed E-state index contributed by atoms with van der Waals surface area (Å²) in [5, 5.41) is 6.25. The molecule has 4 amide bonds. The summed E-state index contributed by atoms with van der Waals surface area (Å²) < 4.78 is 24.3. The zero-order chi connectivity index (χ0) is 50.7. The van der Waals surface area contributed by atoms with Gasteiger partial charge in [-0.15, -0.1) is 0 Å². The number of hydrogen-bond acceptors (Lipinski definition) is 17. The number of rotatable bonds is 25. The van der Waals surface area contributed by atoms with Gasteiger partial charge in [-0.1, -0.05) is 18.9 Å². The lowest BCUT2D eigenvalue weighted by Crippen LogP contribution is -2.54. The average Bonchev–Trinajstić information content (AvgIpc) is 3.98. The Morgan fingerprint density at radius 2 is 1.46 bits per heavy atom. The first-order valence-electron chi connectivity index (χ1n) is 24.9. The summed E-state index contributed by atoms with van der Waals surface area (Å²) in [7, 11) is 0. The zero-order valence-corrected chi connectivity index (χ0v) is 40.9. The fourth-order valence-electron chi connectivity index (χ4n) is 9.86. The van der Waals surface area contributed by atoms with Gasteiger partial charge in [0.2, 0.25) is 11.8 Å². The monoisotopic (exact) mass is 990 g/mol. The lowest BCUT2D eigenvalue weighted by atomic mass is 10.0. The fraction of sp³-hybridized carbons (Fsp3) is 0.500. The molecule has 0 bridgehead atoms. The number of ketones is 3. The number of carbonyl (C=O) groups excluding carboxylic acids is 7. The Kier molecular flexibility index (Phi) is 17.3. The number of fused-ring (bicyclic) bond motifs is 2. The maximum Gasteiger partial charge on any atom is 0.266 e. The number of benzene rings is 1. The van der Waals surface area contributed by atoms with Crippen LogP contribution in [0.2, 0.25) is 0 Å². The fourth-order valence-corrected chi connectivity index (χ4v) is 9.86. The van der Waals surface area contributed by atoms with E-state index in [2.05, 4.69) is 30.4 Å². The molecule has 1 aromatic carbocycles. The SMILES string of the molecule is CC(=O)c1c(C)c2cnc(Nc3ccc(N4CCN(CC(=O)CCCOCCOCCOCCCC(=O)COc5cccc6c5C(=O)N(C5CCC(=O)NC5=O)C6=O)CC4)cn3)cc2n(C2CCCC2)c1=O. The van der Waals surface area contributed by atoms with E-state index < -0.39 is 29.7 Å². The number of piperidine rings is 1. The number of piperazine rings is 1. The molecule has 3 aromatic heterocycles. The van der Waals surface area contributed by atoms with Crippen LogP contribution in [0.1, 0.15) is 114 Å². The molecule has 3 fully saturated rings. The quantitative estimate of drug-likeness (QED) is 0.0528. The molecular formula is C52H62N8O12. The molecule has 4 aromatic rings. The molecule has 20 nitrogen and oxygen atoms in total. The molecule has 8 rings (SSSR count). The molecule has 1 saturated carbocycles. The third-order valence-corrected chi connectivity index (χ3v) is 13.6. The minimum Gasteiger partial charge on any atom is -0.485 e. The Morgan fingerprint density at radius 3 is 2.12 bits per heavy atom. The van der Waals surface area contributed by atoms with Crippen molar-refractivity contribution >= 4 is 69.2 Å². The maximum atomic E-state index is 13.6. The smallest absolute Gasteiger partial charge is 0.266 e. The normalized spacial score (nSPS) is 17.4. The Bertz CT molecular complexity index is 2750. The van der Waals surface area contributed by atoms with Gasteiger partial charge in [0, 0.05) is 82.3 Å². The minimum atomic E-state index is -1.10. The zero-order valence-electron chi connectivity index (χ0n) is 40.9. The van der Waals surface area contributed by atoms with Crippen molar-refractivity contribution in [2.45, 2.75) is 90.1 Å². The number of Topliss-reactive ketones (excluding diaryl/α,β-unsaturated/α-hetero) is 3. The number of nitrogens with zero attached hydrogens (tertiary/aromatic N) is 6. The highest BCUT2D eigenvalue weighted by Crippen LogP contribution is 2.35. The van der Waals surface area contributed by atoms with Crippen LogP contribution in [0, 0.1) is 6.92 Å². The summed E-state index contributed by atoms with van der Waals surface area (Å²) in [6.07, 6.45) is 9.21. The summed E-state index contributed by atoms with van der Waals surface area (Å²) >= 11 is 0. The number of anilines is 3. The second-order valence-corrected chi connectivity index (χ2v) is 18.6. The first-order valence-corrected chi connectivity index (χ1v) is 24.9. The first-order chi connectivity index (χ1) is 34.9. The summed E-state index contributed by atoms with van der Waals surface area (Å²) in [5.41, 5.74) is 2.49. The highest BCUT2D eigenvalue weighted by Gasteiger charge is 2.46. The molecule has 382 valence electrons. The topological polar surface area (TPSA) is 238 Å². The van der Waals surface area contributed by atoms with Crippen LogP contribution in [0.25, 0.3) is 10.9 Å². The van der Waals surface area contributed by atoms with Crippen molar-refractivity contribution in [2.75, 3.05) is 89.2 Å². The van der Waals surface area contributed by atoms with Crippen LogP contribution in [0.5, 0.6) is 5.75 Å². The highest BCUT2D eigenvalue weighted by atomic mass is 16.5. The summed E-state index contributed by atoms with van der Waals surface area (Å²) in [4.78, 5) is 116. The van der Waals surface area contributed by atoms with Crippen molar-refractivity contribution in [1.82, 2.24) is 29.7 Å². The van der Waals surface area contributed by atoms with E-state index >= 15 is 0 Å². The van der Waals surface area contributed by atoms with Crippen molar-refractivity contribution in [3.05, 3.63) is 81.4 Å². The molecule has 2 saturated heterocycles. The minimum absolute atomic E-state index is 0.00890. The second kappa shape index (κ2) is 24.1. The Hall–Kier alpha value is -6.74. The van der Waals surface area contributed by atoms with E-state index in [-0.39, 0.29) is 77.3 Å². The molecule has 3 aliphatic heterocycles. The van der Waals surface area contributed by atoms with Crippen LogP contribution in [-0.2, 0) is 33.4 Å². The van der Waals surface area contributed by atoms with Gasteiger partial charge in [0.15, 0.2) is 11.6 Å². The van der Waals surface area contributed by atoms with Crippen molar-refractivity contribution in [1.29, 1.82) is 0 Å². The van der Waals surface area contributed by atoms with Crippen LogP contribution >= 0.6 is 0 Å². The molecule has 1 unspecified atom stereocenters. The highest BCUT2D eigenvalue weighted by molar-refractivity contribution is 6.24. The van der Waals surface area contributed by atoms with E-state index in [4.69, 9.17) is 18.9 Å². The lowest BCUT2D eigenvalue weighted by Gasteiger charge is -2.35. The predicted octanol–water partition coefficient (Wildman–Crippen LogP) is 4.51. The number of nitrogens with one attached hydrogen (secondary N) is 2. The van der Waals surface area contributed by atoms with E-state index in [9.17, 15) is 38.4 Å². The Balaban J connectivity index is 0.643. The number of amides is 4. The van der Waals surface area contributed by atoms with Crippen LogP contribution in [0.15, 0.2) is 53.6 Å². The molecule has 20 heteroatoms. The maximum absolute atomic E-state index is 13.6. The molecule has 0 spiro atoms. The standard InChI is InChI=1S/C52H62N8O12/c1-33-40-30-54-45(28-42(40)59(35-8-3-4-9-35)51(67)47(33)34(2)61)55-44-16-14-36(29-53-44)58-20-18-57(19-21-58)31-37(62)10-6-22-69-24-26-71-27-25-70-23-7-11-38(63)32-72-43-13-5-12-39-48(43)52(68)60(50(39)66)41-15-17-46(64)56-49(41)65/h5,12-14,16,28-30,35,41H,3-4,6-11,15,17-27,31-32H2,1-2H3,(H,53,54,55)(H,56,64,65). The third-order valence-electron chi connectivity index (χ3n) is 13.6. The first kappa shape index (κ1) is 51.6. The van der Waals surface area contributed by atoms with Crippen molar-refractivity contribution in [3.8, 4) is 5.75 Å². The second-order valence-electron chi connectivity index (χ2n) is 18.6. The third kappa shape index (κ3) is 12.3. The molecular weight excluding hydrogens is 929 g/mol. The number of ether oxygens (including phenoxy) is 4. The van der Waals surface area contributed by atoms with Gasteiger partial charge in [-0.25, -0.2) is 9.97 Å². The van der Waals surface area contributed by atoms with Gasteiger partial charge in [-0.05, 0) is 75.8 Å². The molecule has 1 atom stereocenters. The molecule has 72 heavy (non-hydrogen) atoms. The predicted molar refractivity (Wildman–Crippen MR) is 264 cm³/mol. The van der Waals surface area contributed by atoms with Crippen LogP contribution < -0.4 is 25.8 Å².